The van der Waals surface area contributed by atoms with Crippen molar-refractivity contribution in [3.05, 3.63) is 70.5 Å². The summed E-state index contributed by atoms with van der Waals surface area (Å²) in [6.07, 6.45) is 3.86. The highest BCUT2D eigenvalue weighted by atomic mass is 19.1. The molecule has 0 saturated carbocycles. The fourth-order valence-electron chi connectivity index (χ4n) is 3.91. The summed E-state index contributed by atoms with van der Waals surface area (Å²) in [7, 11) is 0. The van der Waals surface area contributed by atoms with Gasteiger partial charge in [-0.25, -0.2) is 4.39 Å². The number of hydrogen-bond donors (Lipinski definition) is 1. The first-order chi connectivity index (χ1) is 13.5. The smallest absolute Gasteiger partial charge is 0.250 e. The van der Waals surface area contributed by atoms with Crippen LogP contribution in [-0.4, -0.2) is 29.8 Å². The van der Waals surface area contributed by atoms with Gasteiger partial charge < -0.3 is 10.2 Å². The summed E-state index contributed by atoms with van der Waals surface area (Å²) in [5.41, 5.74) is 4.32. The van der Waals surface area contributed by atoms with Crippen molar-refractivity contribution >= 4 is 23.6 Å². The van der Waals surface area contributed by atoms with Gasteiger partial charge in [0.2, 0.25) is 11.8 Å². The van der Waals surface area contributed by atoms with Crippen molar-refractivity contribution in [3.8, 4) is 0 Å². The quantitative estimate of drug-likeness (QED) is 0.879. The lowest BCUT2D eigenvalue weighted by molar-refractivity contribution is -0.131. The predicted octanol–water partition coefficient (Wildman–Crippen LogP) is 3.95. The summed E-state index contributed by atoms with van der Waals surface area (Å²) in [5, 5.41) is 2.96. The van der Waals surface area contributed by atoms with Crippen molar-refractivity contribution in [1.82, 2.24) is 4.90 Å². The SMILES string of the molecule is Cc1ccc(NC(=O)C2CCCN(C(=O)C3=Cc4ccc(F)cc4C3)C2)cc1. The molecule has 144 valence electrons. The normalized spacial score (nSPS) is 18.4. The second-order valence-corrected chi connectivity index (χ2v) is 7.64. The van der Waals surface area contributed by atoms with Crippen LogP contribution in [-0.2, 0) is 16.0 Å². The molecule has 4 rings (SSSR count). The first kappa shape index (κ1) is 18.4. The van der Waals surface area contributed by atoms with Crippen LogP contribution in [0.1, 0.15) is 29.5 Å². The Morgan fingerprint density at radius 3 is 2.71 bits per heavy atom. The number of likely N-dealkylation sites (tertiary alicyclic amines) is 1. The summed E-state index contributed by atoms with van der Waals surface area (Å²) in [5.74, 6) is -0.607. The standard InChI is InChI=1S/C23H23FN2O2/c1-15-4-8-21(9-5-15)25-22(27)17-3-2-10-26(14-17)23(28)19-11-16-6-7-20(24)13-18(16)12-19/h4-9,11,13,17H,2-3,10,12,14H2,1H3,(H,25,27). The number of anilines is 1. The van der Waals surface area contributed by atoms with Crippen LogP contribution in [0.25, 0.3) is 6.08 Å². The number of carbonyl (C=O) groups excluding carboxylic acids is 2. The van der Waals surface area contributed by atoms with Crippen LogP contribution in [0.2, 0.25) is 0 Å². The van der Waals surface area contributed by atoms with Gasteiger partial charge in [-0.05, 0) is 61.2 Å². The minimum Gasteiger partial charge on any atom is -0.338 e. The number of piperidine rings is 1. The Balaban J connectivity index is 1.40. The molecule has 0 aromatic heterocycles. The number of nitrogens with zero attached hydrogens (tertiary/aromatic N) is 1. The molecule has 1 heterocycles. The first-order valence-corrected chi connectivity index (χ1v) is 9.65. The number of aryl methyl sites for hydroxylation is 1. The van der Waals surface area contributed by atoms with Gasteiger partial charge in [-0.3, -0.25) is 9.59 Å². The molecule has 1 aliphatic carbocycles. The third-order valence-electron chi connectivity index (χ3n) is 5.49. The van der Waals surface area contributed by atoms with Crippen LogP contribution >= 0.6 is 0 Å². The molecule has 1 atom stereocenters. The highest BCUT2D eigenvalue weighted by Crippen LogP contribution is 2.28. The average molecular weight is 378 g/mol. The van der Waals surface area contributed by atoms with Gasteiger partial charge in [-0.2, -0.15) is 0 Å². The predicted molar refractivity (Wildman–Crippen MR) is 107 cm³/mol. The first-order valence-electron chi connectivity index (χ1n) is 9.65. The molecule has 2 aromatic rings. The van der Waals surface area contributed by atoms with Crippen LogP contribution in [0.5, 0.6) is 0 Å². The molecule has 1 N–H and O–H groups in total. The van der Waals surface area contributed by atoms with Crippen molar-refractivity contribution in [2.24, 2.45) is 5.92 Å². The Hall–Kier alpha value is -2.95. The van der Waals surface area contributed by atoms with Gasteiger partial charge in [0.1, 0.15) is 5.82 Å². The van der Waals surface area contributed by atoms with Crippen molar-refractivity contribution in [2.75, 3.05) is 18.4 Å². The van der Waals surface area contributed by atoms with E-state index in [-0.39, 0.29) is 23.5 Å². The van der Waals surface area contributed by atoms with Crippen LogP contribution in [0.3, 0.4) is 0 Å². The van der Waals surface area contributed by atoms with Gasteiger partial charge >= 0.3 is 0 Å². The van der Waals surface area contributed by atoms with Crippen molar-refractivity contribution in [2.45, 2.75) is 26.2 Å². The number of carbonyl (C=O) groups is 2. The van der Waals surface area contributed by atoms with Crippen molar-refractivity contribution < 1.29 is 14.0 Å². The number of nitrogens with one attached hydrogen (secondary N) is 1. The van der Waals surface area contributed by atoms with Gasteiger partial charge in [-0.15, -0.1) is 0 Å². The third-order valence-corrected chi connectivity index (χ3v) is 5.49. The maximum atomic E-state index is 13.4. The van der Waals surface area contributed by atoms with Gasteiger partial charge in [0, 0.05) is 30.8 Å². The van der Waals surface area contributed by atoms with Gasteiger partial charge in [-0.1, -0.05) is 23.8 Å². The van der Waals surface area contributed by atoms with E-state index >= 15 is 0 Å². The average Bonchev–Trinajstić information content (AvgIpc) is 3.12. The van der Waals surface area contributed by atoms with Crippen LogP contribution in [0.15, 0.2) is 48.0 Å². The van der Waals surface area contributed by atoms with E-state index in [1.165, 1.54) is 12.1 Å². The largest absolute Gasteiger partial charge is 0.338 e. The second kappa shape index (κ2) is 7.58. The molecule has 2 aliphatic rings. The van der Waals surface area contributed by atoms with E-state index in [4.69, 9.17) is 0 Å². The fourth-order valence-corrected chi connectivity index (χ4v) is 3.91. The molecule has 1 unspecified atom stereocenters. The van der Waals surface area contributed by atoms with Crippen molar-refractivity contribution in [1.29, 1.82) is 0 Å². The molecule has 0 radical (unpaired) electrons. The topological polar surface area (TPSA) is 49.4 Å². The molecule has 0 bridgehead atoms. The number of hydrogen-bond acceptors (Lipinski definition) is 2. The lowest BCUT2D eigenvalue weighted by Crippen LogP contribution is -2.44. The molecule has 1 aliphatic heterocycles. The van der Waals surface area contributed by atoms with E-state index in [1.54, 1.807) is 11.0 Å². The molecule has 0 spiro atoms. The van der Waals surface area contributed by atoms with E-state index in [9.17, 15) is 14.0 Å². The highest BCUT2D eigenvalue weighted by molar-refractivity contribution is 6.01. The maximum Gasteiger partial charge on any atom is 0.250 e. The Bertz CT molecular complexity index is 950. The summed E-state index contributed by atoms with van der Waals surface area (Å²) in [6.45, 7) is 3.06. The van der Waals surface area contributed by atoms with Gasteiger partial charge in [0.25, 0.3) is 0 Å². The van der Waals surface area contributed by atoms with E-state index in [0.29, 0.717) is 25.1 Å². The van der Waals surface area contributed by atoms with Crippen LogP contribution in [0, 0.1) is 18.7 Å². The number of fused-ring (bicyclic) bond motifs is 1. The summed E-state index contributed by atoms with van der Waals surface area (Å²) in [6, 6.07) is 12.3. The van der Waals surface area contributed by atoms with Crippen LogP contribution < -0.4 is 5.32 Å². The lowest BCUT2D eigenvalue weighted by Gasteiger charge is -2.32. The van der Waals surface area contributed by atoms with E-state index in [1.807, 2.05) is 37.3 Å². The molecular formula is C23H23FN2O2. The monoisotopic (exact) mass is 378 g/mol. The highest BCUT2D eigenvalue weighted by Gasteiger charge is 2.31. The minimum atomic E-state index is -0.285. The second-order valence-electron chi connectivity index (χ2n) is 7.64. The van der Waals surface area contributed by atoms with Gasteiger partial charge in [0.15, 0.2) is 0 Å². The Morgan fingerprint density at radius 1 is 1.14 bits per heavy atom. The summed E-state index contributed by atoms with van der Waals surface area (Å²) < 4.78 is 13.4. The zero-order valence-corrected chi connectivity index (χ0v) is 15.9. The number of benzene rings is 2. The number of amides is 2. The van der Waals surface area contributed by atoms with E-state index in [2.05, 4.69) is 5.32 Å². The molecular weight excluding hydrogens is 355 g/mol. The summed E-state index contributed by atoms with van der Waals surface area (Å²) >= 11 is 0. The van der Waals surface area contributed by atoms with Crippen molar-refractivity contribution in [3.63, 3.8) is 0 Å². The number of rotatable bonds is 3. The third kappa shape index (κ3) is 3.84. The Morgan fingerprint density at radius 2 is 1.93 bits per heavy atom. The fraction of sp³-hybridized carbons (Fsp3) is 0.304. The molecule has 4 nitrogen and oxygen atoms in total. The number of halogens is 1. The molecule has 1 fully saturated rings. The molecule has 2 aromatic carbocycles. The van der Waals surface area contributed by atoms with Gasteiger partial charge in [0.05, 0.1) is 5.92 Å². The Kier molecular flexibility index (Phi) is 4.99. The Labute approximate surface area is 164 Å². The van der Waals surface area contributed by atoms with E-state index < -0.39 is 0 Å². The molecule has 28 heavy (non-hydrogen) atoms. The molecule has 1 saturated heterocycles. The zero-order valence-electron chi connectivity index (χ0n) is 15.9. The zero-order chi connectivity index (χ0) is 19.7. The minimum absolute atomic E-state index is 0.0490. The molecule has 5 heteroatoms. The lowest BCUT2D eigenvalue weighted by atomic mass is 9.96. The molecule has 2 amide bonds. The summed E-state index contributed by atoms with van der Waals surface area (Å²) in [4.78, 5) is 27.4. The maximum absolute atomic E-state index is 13.4. The van der Waals surface area contributed by atoms with Crippen LogP contribution in [0.4, 0.5) is 10.1 Å². The van der Waals surface area contributed by atoms with E-state index in [0.717, 1.165) is 35.2 Å².